The van der Waals surface area contributed by atoms with Gasteiger partial charge in [0.05, 0.1) is 12.0 Å². The first-order valence-corrected chi connectivity index (χ1v) is 11.9. The van der Waals surface area contributed by atoms with E-state index in [0.717, 1.165) is 34.6 Å². The molecule has 0 fully saturated rings. The predicted octanol–water partition coefficient (Wildman–Crippen LogP) is 6.02. The third-order valence-electron chi connectivity index (χ3n) is 6.47. The summed E-state index contributed by atoms with van der Waals surface area (Å²) in [6.07, 6.45) is 1.16. The van der Waals surface area contributed by atoms with Crippen LogP contribution in [0.1, 0.15) is 64.5 Å². The number of hydrogen-bond acceptors (Lipinski definition) is 4. The maximum Gasteiger partial charge on any atom is 0.254 e. The Hall–Kier alpha value is -3.34. The second kappa shape index (κ2) is 9.13. The van der Waals surface area contributed by atoms with Crippen molar-refractivity contribution in [1.82, 2.24) is 5.32 Å². The maximum absolute atomic E-state index is 13.8. The van der Waals surface area contributed by atoms with Gasteiger partial charge in [0.1, 0.15) is 5.75 Å². The van der Waals surface area contributed by atoms with Crippen LogP contribution in [0.25, 0.3) is 0 Å². The summed E-state index contributed by atoms with van der Waals surface area (Å²) >= 11 is 0. The molecule has 0 bridgehead atoms. The zero-order valence-electron chi connectivity index (χ0n) is 20.9. The van der Waals surface area contributed by atoms with Gasteiger partial charge in [-0.25, -0.2) is 0 Å². The lowest BCUT2D eigenvalue weighted by Crippen LogP contribution is -2.39. The van der Waals surface area contributed by atoms with E-state index in [2.05, 4.69) is 24.5 Å². The SMILES string of the molecule is CC1=C(C(=O)Nc2ccccc2C)[C@@H](c2ccccc2OC(C)C)C2=C(CC(C)(C)CC2=O)N1. The summed E-state index contributed by atoms with van der Waals surface area (Å²) in [6, 6.07) is 15.5. The minimum atomic E-state index is -0.501. The Morgan fingerprint density at radius 1 is 1.06 bits per heavy atom. The Morgan fingerprint density at radius 3 is 2.44 bits per heavy atom. The molecule has 5 nitrogen and oxygen atoms in total. The summed E-state index contributed by atoms with van der Waals surface area (Å²) in [4.78, 5) is 27.3. The van der Waals surface area contributed by atoms with Crippen LogP contribution in [0.2, 0.25) is 0 Å². The molecule has 1 atom stereocenters. The van der Waals surface area contributed by atoms with Gasteiger partial charge in [0, 0.05) is 40.2 Å². The molecule has 1 amide bonds. The van der Waals surface area contributed by atoms with Crippen molar-refractivity contribution in [3.63, 3.8) is 0 Å². The molecule has 0 saturated carbocycles. The van der Waals surface area contributed by atoms with E-state index < -0.39 is 5.92 Å². The summed E-state index contributed by atoms with van der Waals surface area (Å²) < 4.78 is 6.15. The van der Waals surface area contributed by atoms with Crippen molar-refractivity contribution in [2.45, 2.75) is 66.4 Å². The zero-order chi connectivity index (χ0) is 24.6. The highest BCUT2D eigenvalue weighted by Crippen LogP contribution is 2.48. The van der Waals surface area contributed by atoms with Gasteiger partial charge in [0.25, 0.3) is 5.91 Å². The second-order valence-electron chi connectivity index (χ2n) is 10.4. The van der Waals surface area contributed by atoms with Gasteiger partial charge >= 0.3 is 0 Å². The predicted molar refractivity (Wildman–Crippen MR) is 136 cm³/mol. The molecule has 178 valence electrons. The van der Waals surface area contributed by atoms with E-state index in [1.54, 1.807) is 0 Å². The number of allylic oxidation sites excluding steroid dienone is 3. The summed E-state index contributed by atoms with van der Waals surface area (Å²) in [6.45, 7) is 12.1. The van der Waals surface area contributed by atoms with Crippen molar-refractivity contribution < 1.29 is 14.3 Å². The largest absolute Gasteiger partial charge is 0.491 e. The highest BCUT2D eigenvalue weighted by atomic mass is 16.5. The first kappa shape index (κ1) is 23.8. The third-order valence-corrected chi connectivity index (χ3v) is 6.47. The van der Waals surface area contributed by atoms with Gasteiger partial charge < -0.3 is 15.4 Å². The van der Waals surface area contributed by atoms with E-state index in [4.69, 9.17) is 4.74 Å². The average molecular weight is 459 g/mol. The van der Waals surface area contributed by atoms with Crippen LogP contribution in [-0.2, 0) is 9.59 Å². The standard InChI is InChI=1S/C29H34N2O3/c1-17(2)34-24-14-10-8-12-20(24)26-25(28(33)31-21-13-9-7-11-18(21)3)19(4)30-22-15-29(5,6)16-23(32)27(22)26/h7-14,17,26,30H,15-16H2,1-6H3,(H,31,33)/t26-/m1/s1. The van der Waals surface area contributed by atoms with Gasteiger partial charge in [-0.3, -0.25) is 9.59 Å². The molecule has 1 aliphatic carbocycles. The fourth-order valence-corrected chi connectivity index (χ4v) is 5.03. The normalized spacial score (nSPS) is 19.6. The number of benzene rings is 2. The van der Waals surface area contributed by atoms with Crippen LogP contribution in [0.15, 0.2) is 71.1 Å². The summed E-state index contributed by atoms with van der Waals surface area (Å²) in [5.41, 5.74) is 5.35. The van der Waals surface area contributed by atoms with Crippen molar-refractivity contribution >= 4 is 17.4 Å². The van der Waals surface area contributed by atoms with E-state index in [-0.39, 0.29) is 23.2 Å². The molecule has 0 radical (unpaired) electrons. The van der Waals surface area contributed by atoms with Crippen molar-refractivity contribution in [1.29, 1.82) is 0 Å². The number of Topliss-reactive ketones (excluding diaryl/α,β-unsaturated/α-hetero) is 1. The van der Waals surface area contributed by atoms with Crippen LogP contribution in [0, 0.1) is 12.3 Å². The first-order chi connectivity index (χ1) is 16.1. The van der Waals surface area contributed by atoms with Crippen molar-refractivity contribution in [2.24, 2.45) is 5.41 Å². The lowest BCUT2D eigenvalue weighted by Gasteiger charge is -2.40. The van der Waals surface area contributed by atoms with Gasteiger partial charge in [-0.2, -0.15) is 0 Å². The fraction of sp³-hybridized carbons (Fsp3) is 0.379. The van der Waals surface area contributed by atoms with Crippen LogP contribution in [0.4, 0.5) is 5.69 Å². The molecule has 2 aliphatic rings. The van der Waals surface area contributed by atoms with Crippen LogP contribution >= 0.6 is 0 Å². The molecule has 4 rings (SSSR count). The Balaban J connectivity index is 1.86. The lowest BCUT2D eigenvalue weighted by atomic mass is 9.68. The molecule has 1 aliphatic heterocycles. The van der Waals surface area contributed by atoms with Gasteiger partial charge in [-0.15, -0.1) is 0 Å². The molecular weight excluding hydrogens is 424 g/mol. The quantitative estimate of drug-likeness (QED) is 0.574. The molecule has 0 unspecified atom stereocenters. The fourth-order valence-electron chi connectivity index (χ4n) is 5.03. The van der Waals surface area contributed by atoms with Gasteiger partial charge in [-0.05, 0) is 57.2 Å². The number of anilines is 1. The van der Waals surface area contributed by atoms with Crippen LogP contribution < -0.4 is 15.4 Å². The Morgan fingerprint density at radius 2 is 1.74 bits per heavy atom. The Bertz CT molecular complexity index is 1200. The first-order valence-electron chi connectivity index (χ1n) is 11.9. The van der Waals surface area contributed by atoms with E-state index >= 15 is 0 Å². The minimum absolute atomic E-state index is 0.0355. The molecule has 0 saturated heterocycles. The molecule has 2 N–H and O–H groups in total. The molecule has 1 heterocycles. The minimum Gasteiger partial charge on any atom is -0.491 e. The average Bonchev–Trinajstić information content (AvgIpc) is 2.73. The van der Waals surface area contributed by atoms with E-state index in [9.17, 15) is 9.59 Å². The monoisotopic (exact) mass is 458 g/mol. The molecule has 2 aromatic carbocycles. The summed E-state index contributed by atoms with van der Waals surface area (Å²) in [5, 5.41) is 6.52. The number of carbonyl (C=O) groups is 2. The van der Waals surface area contributed by atoms with E-state index in [1.165, 1.54) is 0 Å². The lowest BCUT2D eigenvalue weighted by molar-refractivity contribution is -0.118. The third kappa shape index (κ3) is 4.65. The molecule has 5 heteroatoms. The smallest absolute Gasteiger partial charge is 0.254 e. The number of ketones is 1. The number of rotatable bonds is 5. The number of aryl methyl sites for hydroxylation is 1. The number of dihydropyridines is 1. The van der Waals surface area contributed by atoms with Crippen molar-refractivity contribution in [3.05, 3.63) is 82.2 Å². The topological polar surface area (TPSA) is 67.4 Å². The molecule has 0 spiro atoms. The number of carbonyl (C=O) groups excluding carboxylic acids is 2. The van der Waals surface area contributed by atoms with Crippen molar-refractivity contribution in [3.8, 4) is 5.75 Å². The van der Waals surface area contributed by atoms with Gasteiger partial charge in [0.15, 0.2) is 5.78 Å². The number of nitrogens with one attached hydrogen (secondary N) is 2. The Labute approximate surface area is 202 Å². The number of hydrogen-bond donors (Lipinski definition) is 2. The molecule has 34 heavy (non-hydrogen) atoms. The highest BCUT2D eigenvalue weighted by molar-refractivity contribution is 6.10. The van der Waals surface area contributed by atoms with Crippen LogP contribution in [0.5, 0.6) is 5.75 Å². The van der Waals surface area contributed by atoms with Crippen LogP contribution in [0.3, 0.4) is 0 Å². The van der Waals surface area contributed by atoms with Crippen molar-refractivity contribution in [2.75, 3.05) is 5.32 Å². The number of ether oxygens (including phenoxy) is 1. The van der Waals surface area contributed by atoms with E-state index in [1.807, 2.05) is 76.2 Å². The Kier molecular flexibility index (Phi) is 6.39. The van der Waals surface area contributed by atoms with Gasteiger partial charge in [0.2, 0.25) is 0 Å². The summed E-state index contributed by atoms with van der Waals surface area (Å²) in [5.74, 6) is 0.0614. The van der Waals surface area contributed by atoms with Crippen LogP contribution in [-0.4, -0.2) is 17.8 Å². The van der Waals surface area contributed by atoms with Gasteiger partial charge in [-0.1, -0.05) is 50.2 Å². The highest BCUT2D eigenvalue weighted by Gasteiger charge is 2.43. The number of amides is 1. The van der Waals surface area contributed by atoms with E-state index in [0.29, 0.717) is 23.3 Å². The maximum atomic E-state index is 13.8. The zero-order valence-corrected chi connectivity index (χ0v) is 20.9. The molecular formula is C29H34N2O3. The molecule has 2 aromatic rings. The molecule has 0 aromatic heterocycles. The number of para-hydroxylation sites is 2. The second-order valence-corrected chi connectivity index (χ2v) is 10.4. The summed E-state index contributed by atoms with van der Waals surface area (Å²) in [7, 11) is 0.